The Morgan fingerprint density at radius 2 is 1.62 bits per heavy atom. The van der Waals surface area contributed by atoms with Crippen LogP contribution in [0.4, 0.5) is 0 Å². The minimum Gasteiger partial charge on any atom is -0.332 e. The number of fused-ring (bicyclic) bond motifs is 1. The molecule has 0 aliphatic carbocycles. The molecular weight excluding hydrogens is 430 g/mol. The summed E-state index contributed by atoms with van der Waals surface area (Å²) in [6, 6.07) is 9.73. The predicted octanol–water partition coefficient (Wildman–Crippen LogP) is 3.79. The molecule has 0 atom stereocenters. The molecule has 8 nitrogen and oxygen atoms in total. The Hall–Kier alpha value is -3.16. The van der Waals surface area contributed by atoms with Crippen molar-refractivity contribution in [3.05, 3.63) is 63.1 Å². The molecule has 0 saturated carbocycles. The number of amides is 1. The highest BCUT2D eigenvalue weighted by Crippen LogP contribution is 2.18. The lowest BCUT2D eigenvalue weighted by molar-refractivity contribution is -0.137. The van der Waals surface area contributed by atoms with Gasteiger partial charge in [0, 0.05) is 25.2 Å². The lowest BCUT2D eigenvalue weighted by atomic mass is 10.0. The van der Waals surface area contributed by atoms with Gasteiger partial charge in [-0.2, -0.15) is 0 Å². The van der Waals surface area contributed by atoms with Crippen molar-refractivity contribution in [1.29, 1.82) is 0 Å². The van der Waals surface area contributed by atoms with Crippen molar-refractivity contribution in [1.82, 2.24) is 23.6 Å². The number of aryl methyl sites for hydroxylation is 2. The molecule has 2 aromatic heterocycles. The van der Waals surface area contributed by atoms with E-state index >= 15 is 0 Å². The number of imidazole rings is 1. The van der Waals surface area contributed by atoms with Crippen molar-refractivity contribution < 1.29 is 4.79 Å². The second kappa shape index (κ2) is 10.8. The Kier molecular flexibility index (Phi) is 8.12. The molecule has 8 heteroatoms. The van der Waals surface area contributed by atoms with Crippen LogP contribution in [-0.2, 0) is 31.0 Å². The zero-order valence-corrected chi connectivity index (χ0v) is 21.1. The number of hydrogen-bond donors (Lipinski definition) is 0. The summed E-state index contributed by atoms with van der Waals surface area (Å²) in [6.45, 7) is 11.2. The largest absolute Gasteiger partial charge is 0.333 e. The number of rotatable bonds is 10. The fourth-order valence-corrected chi connectivity index (χ4v) is 4.08. The summed E-state index contributed by atoms with van der Waals surface area (Å²) < 4.78 is 4.46. The van der Waals surface area contributed by atoms with E-state index < -0.39 is 16.8 Å². The highest BCUT2D eigenvalue weighted by atomic mass is 16.2. The molecular formula is C26H37N5O3. The first-order valence-corrected chi connectivity index (χ1v) is 12.2. The van der Waals surface area contributed by atoms with E-state index in [4.69, 9.17) is 0 Å². The molecule has 0 fully saturated rings. The summed E-state index contributed by atoms with van der Waals surface area (Å²) in [6.07, 6.45) is 5.18. The Bertz CT molecular complexity index is 1230. The van der Waals surface area contributed by atoms with Gasteiger partial charge in [0.1, 0.15) is 6.54 Å². The van der Waals surface area contributed by atoms with Gasteiger partial charge in [0.15, 0.2) is 11.2 Å². The van der Waals surface area contributed by atoms with Gasteiger partial charge >= 0.3 is 5.69 Å². The summed E-state index contributed by atoms with van der Waals surface area (Å²) >= 11 is 0. The maximum absolute atomic E-state index is 13.5. The van der Waals surface area contributed by atoms with Crippen LogP contribution in [0.25, 0.3) is 11.2 Å². The van der Waals surface area contributed by atoms with Gasteiger partial charge in [0.25, 0.3) is 5.56 Å². The van der Waals surface area contributed by atoms with Gasteiger partial charge in [-0.3, -0.25) is 14.2 Å². The standard InChI is InChI=1S/C26H37N5O3/c1-6-8-15-28-19-27-23-22(28)24(33)30(25(34)29(23)16-9-7-2)18-21(32)31(26(3,4)5)17-20-13-11-10-12-14-20/h10-14,19H,6-9,15-18H2,1-5H3. The zero-order chi connectivity index (χ0) is 24.9. The van der Waals surface area contributed by atoms with Crippen LogP contribution in [0.2, 0.25) is 0 Å². The first kappa shape index (κ1) is 25.5. The third-order valence-corrected chi connectivity index (χ3v) is 6.06. The molecule has 34 heavy (non-hydrogen) atoms. The van der Waals surface area contributed by atoms with E-state index in [9.17, 15) is 14.4 Å². The molecule has 184 valence electrons. The normalized spacial score (nSPS) is 11.8. The van der Waals surface area contributed by atoms with E-state index in [1.807, 2.05) is 62.6 Å². The van der Waals surface area contributed by atoms with E-state index in [1.54, 1.807) is 15.8 Å². The fourth-order valence-electron chi connectivity index (χ4n) is 4.08. The summed E-state index contributed by atoms with van der Waals surface area (Å²) in [4.78, 5) is 46.6. The van der Waals surface area contributed by atoms with Gasteiger partial charge in [-0.25, -0.2) is 14.3 Å². The molecule has 0 unspecified atom stereocenters. The third kappa shape index (κ3) is 5.48. The van der Waals surface area contributed by atoms with Crippen molar-refractivity contribution in [3.8, 4) is 0 Å². The first-order valence-electron chi connectivity index (χ1n) is 12.2. The second-order valence-corrected chi connectivity index (χ2v) is 9.78. The SMILES string of the molecule is CCCCn1cnc2c1c(=O)n(CC(=O)N(Cc1ccccc1)C(C)(C)C)c(=O)n2CCCC. The summed E-state index contributed by atoms with van der Waals surface area (Å²) in [7, 11) is 0. The molecule has 1 aromatic carbocycles. The number of carbonyl (C=O) groups is 1. The van der Waals surface area contributed by atoms with E-state index in [-0.39, 0.29) is 12.5 Å². The Balaban J connectivity index is 2.07. The second-order valence-electron chi connectivity index (χ2n) is 9.78. The topological polar surface area (TPSA) is 82.1 Å². The summed E-state index contributed by atoms with van der Waals surface area (Å²) in [5, 5.41) is 0. The van der Waals surface area contributed by atoms with Crippen LogP contribution >= 0.6 is 0 Å². The van der Waals surface area contributed by atoms with Crippen molar-refractivity contribution in [2.75, 3.05) is 0 Å². The first-order chi connectivity index (χ1) is 16.2. The maximum atomic E-state index is 13.5. The summed E-state index contributed by atoms with van der Waals surface area (Å²) in [5.74, 6) is -0.267. The molecule has 3 aromatic rings. The quantitative estimate of drug-likeness (QED) is 0.454. The van der Waals surface area contributed by atoms with E-state index in [2.05, 4.69) is 11.9 Å². The monoisotopic (exact) mass is 467 g/mol. The lowest BCUT2D eigenvalue weighted by Crippen LogP contribution is -2.50. The lowest BCUT2D eigenvalue weighted by Gasteiger charge is -2.36. The van der Waals surface area contributed by atoms with Crippen LogP contribution in [0.3, 0.4) is 0 Å². The minimum atomic E-state index is -0.481. The molecule has 0 aliphatic rings. The number of nitrogens with zero attached hydrogens (tertiary/aromatic N) is 5. The van der Waals surface area contributed by atoms with Crippen LogP contribution in [0.1, 0.15) is 65.9 Å². The Labute approximate surface area is 200 Å². The number of unbranched alkanes of at least 4 members (excludes halogenated alkanes) is 2. The fraction of sp³-hybridized carbons (Fsp3) is 0.538. The average molecular weight is 468 g/mol. The predicted molar refractivity (Wildman–Crippen MR) is 135 cm³/mol. The minimum absolute atomic E-state index is 0.267. The Morgan fingerprint density at radius 3 is 2.24 bits per heavy atom. The van der Waals surface area contributed by atoms with Crippen LogP contribution in [0.5, 0.6) is 0 Å². The molecule has 0 bridgehead atoms. The molecule has 0 spiro atoms. The van der Waals surface area contributed by atoms with Crippen molar-refractivity contribution in [3.63, 3.8) is 0 Å². The Morgan fingerprint density at radius 1 is 0.971 bits per heavy atom. The molecule has 2 heterocycles. The molecule has 1 amide bonds. The van der Waals surface area contributed by atoms with Gasteiger partial charge in [-0.1, -0.05) is 57.0 Å². The highest BCUT2D eigenvalue weighted by molar-refractivity contribution is 5.77. The maximum Gasteiger partial charge on any atom is 0.333 e. The number of hydrogen-bond acceptors (Lipinski definition) is 4. The average Bonchev–Trinajstić information content (AvgIpc) is 3.22. The zero-order valence-electron chi connectivity index (χ0n) is 21.1. The van der Waals surface area contributed by atoms with Gasteiger partial charge in [0.05, 0.1) is 6.33 Å². The van der Waals surface area contributed by atoms with Crippen LogP contribution < -0.4 is 11.2 Å². The van der Waals surface area contributed by atoms with Crippen molar-refractivity contribution in [2.24, 2.45) is 0 Å². The molecule has 0 radical (unpaired) electrons. The number of aromatic nitrogens is 4. The van der Waals surface area contributed by atoms with Gasteiger partial charge < -0.3 is 9.47 Å². The molecule has 3 rings (SSSR count). The van der Waals surface area contributed by atoms with E-state index in [1.165, 1.54) is 0 Å². The van der Waals surface area contributed by atoms with Crippen LogP contribution in [0, 0.1) is 0 Å². The van der Waals surface area contributed by atoms with Gasteiger partial charge in [-0.15, -0.1) is 0 Å². The van der Waals surface area contributed by atoms with Gasteiger partial charge in [0.2, 0.25) is 5.91 Å². The van der Waals surface area contributed by atoms with Crippen LogP contribution in [0.15, 0.2) is 46.2 Å². The molecule has 0 aliphatic heterocycles. The number of carbonyl (C=O) groups excluding carboxylic acids is 1. The van der Waals surface area contributed by atoms with E-state index in [0.717, 1.165) is 35.8 Å². The number of benzene rings is 1. The van der Waals surface area contributed by atoms with Crippen molar-refractivity contribution in [2.45, 2.75) is 92.0 Å². The van der Waals surface area contributed by atoms with Crippen molar-refractivity contribution >= 4 is 17.1 Å². The molecule has 0 saturated heterocycles. The van der Waals surface area contributed by atoms with E-state index in [0.29, 0.717) is 30.8 Å². The third-order valence-electron chi connectivity index (χ3n) is 6.06. The van der Waals surface area contributed by atoms with Crippen LogP contribution in [-0.4, -0.2) is 35.0 Å². The van der Waals surface area contributed by atoms with Gasteiger partial charge in [-0.05, 0) is 39.2 Å². The smallest absolute Gasteiger partial charge is 0.332 e. The highest BCUT2D eigenvalue weighted by Gasteiger charge is 2.28. The molecule has 0 N–H and O–H groups in total. The summed E-state index contributed by atoms with van der Waals surface area (Å²) in [5.41, 5.74) is 0.371.